The van der Waals surface area contributed by atoms with Crippen LogP contribution in [0.4, 0.5) is 5.69 Å². The second-order valence-corrected chi connectivity index (χ2v) is 6.79. The number of fused-ring (bicyclic) bond motifs is 3. The van der Waals surface area contributed by atoms with Gasteiger partial charge in [0.05, 0.1) is 16.5 Å². The van der Waals surface area contributed by atoms with E-state index in [0.717, 1.165) is 18.4 Å². The quantitative estimate of drug-likeness (QED) is 0.683. The molecule has 2 saturated heterocycles. The maximum absolute atomic E-state index is 11.8. The van der Waals surface area contributed by atoms with Gasteiger partial charge in [-0.15, -0.1) is 0 Å². The second kappa shape index (κ2) is 5.27. The summed E-state index contributed by atoms with van der Waals surface area (Å²) in [6.45, 7) is 0. The SMILES string of the molecule is CN1C2CCC1CC(n1nc(C(N)=O)c3cc([N+](=O)[O-])ccc31)C2. The summed E-state index contributed by atoms with van der Waals surface area (Å²) in [6, 6.07) is 5.77. The van der Waals surface area contributed by atoms with Gasteiger partial charge in [-0.05, 0) is 38.8 Å². The van der Waals surface area contributed by atoms with Crippen molar-refractivity contribution in [3.8, 4) is 0 Å². The van der Waals surface area contributed by atoms with Crippen molar-refractivity contribution in [3.63, 3.8) is 0 Å². The van der Waals surface area contributed by atoms with Gasteiger partial charge in [0.1, 0.15) is 0 Å². The van der Waals surface area contributed by atoms with Gasteiger partial charge in [0.2, 0.25) is 0 Å². The molecule has 2 aliphatic heterocycles. The minimum atomic E-state index is -0.657. The van der Waals surface area contributed by atoms with Crippen LogP contribution in [0.2, 0.25) is 0 Å². The molecule has 0 saturated carbocycles. The van der Waals surface area contributed by atoms with Gasteiger partial charge >= 0.3 is 0 Å². The van der Waals surface area contributed by atoms with Crippen LogP contribution < -0.4 is 5.73 Å². The van der Waals surface area contributed by atoms with Crippen molar-refractivity contribution in [2.75, 3.05) is 7.05 Å². The number of amides is 1. The molecule has 2 N–H and O–H groups in total. The molecule has 2 aromatic rings. The van der Waals surface area contributed by atoms with Gasteiger partial charge in [-0.25, -0.2) is 0 Å². The highest BCUT2D eigenvalue weighted by Crippen LogP contribution is 2.41. The van der Waals surface area contributed by atoms with Gasteiger partial charge in [-0.2, -0.15) is 5.10 Å². The van der Waals surface area contributed by atoms with E-state index in [1.165, 1.54) is 25.0 Å². The number of primary amides is 1. The van der Waals surface area contributed by atoms with E-state index in [4.69, 9.17) is 5.73 Å². The molecule has 0 aliphatic carbocycles. The first-order chi connectivity index (χ1) is 11.5. The number of nitrogens with two attached hydrogens (primary N) is 1. The average Bonchev–Trinajstić information content (AvgIpc) is 3.00. The molecule has 126 valence electrons. The van der Waals surface area contributed by atoms with Crippen LogP contribution in [0.25, 0.3) is 10.9 Å². The van der Waals surface area contributed by atoms with Crippen LogP contribution in [-0.4, -0.2) is 44.6 Å². The molecule has 8 heteroatoms. The van der Waals surface area contributed by atoms with Crippen LogP contribution >= 0.6 is 0 Å². The van der Waals surface area contributed by atoms with E-state index in [2.05, 4.69) is 17.0 Å². The monoisotopic (exact) mass is 329 g/mol. The summed E-state index contributed by atoms with van der Waals surface area (Å²) in [5.74, 6) is -0.657. The fraction of sp³-hybridized carbons (Fsp3) is 0.500. The molecule has 0 radical (unpaired) electrons. The number of nitro benzene ring substituents is 1. The third-order valence-corrected chi connectivity index (χ3v) is 5.55. The first-order valence-electron chi connectivity index (χ1n) is 8.14. The number of piperidine rings is 1. The lowest BCUT2D eigenvalue weighted by Gasteiger charge is -2.36. The van der Waals surface area contributed by atoms with E-state index in [-0.39, 0.29) is 17.4 Å². The Morgan fingerprint density at radius 2 is 1.96 bits per heavy atom. The van der Waals surface area contributed by atoms with Crippen molar-refractivity contribution >= 4 is 22.5 Å². The lowest BCUT2D eigenvalue weighted by atomic mass is 9.98. The third kappa shape index (κ3) is 2.17. The maximum Gasteiger partial charge on any atom is 0.270 e. The molecular formula is C16H19N5O3. The Morgan fingerprint density at radius 3 is 2.54 bits per heavy atom. The predicted octanol–water partition coefficient (Wildman–Crippen LogP) is 1.84. The number of nitrogens with zero attached hydrogens (tertiary/aromatic N) is 4. The molecule has 2 unspecified atom stereocenters. The Labute approximate surface area is 138 Å². The number of rotatable bonds is 3. The summed E-state index contributed by atoms with van der Waals surface area (Å²) in [5.41, 5.74) is 6.23. The molecule has 2 aliphatic rings. The molecule has 1 aromatic heterocycles. The van der Waals surface area contributed by atoms with Gasteiger partial charge in [0.15, 0.2) is 5.69 Å². The zero-order chi connectivity index (χ0) is 17.0. The number of aromatic nitrogens is 2. The van der Waals surface area contributed by atoms with E-state index in [9.17, 15) is 14.9 Å². The molecule has 0 spiro atoms. The molecular weight excluding hydrogens is 310 g/mol. The minimum Gasteiger partial charge on any atom is -0.364 e. The largest absolute Gasteiger partial charge is 0.364 e. The smallest absolute Gasteiger partial charge is 0.270 e. The van der Waals surface area contributed by atoms with Crippen LogP contribution in [0.1, 0.15) is 42.2 Å². The molecule has 3 heterocycles. The third-order valence-electron chi connectivity index (χ3n) is 5.55. The lowest BCUT2D eigenvalue weighted by Crippen LogP contribution is -2.40. The number of carbonyl (C=O) groups is 1. The highest BCUT2D eigenvalue weighted by atomic mass is 16.6. The summed E-state index contributed by atoms with van der Waals surface area (Å²) in [6.07, 6.45) is 4.31. The minimum absolute atomic E-state index is 0.0620. The number of hydrogen-bond donors (Lipinski definition) is 1. The van der Waals surface area contributed by atoms with Crippen molar-refractivity contribution in [2.45, 2.75) is 43.8 Å². The fourth-order valence-corrected chi connectivity index (χ4v) is 4.29. The summed E-state index contributed by atoms with van der Waals surface area (Å²) >= 11 is 0. The van der Waals surface area contributed by atoms with Crippen molar-refractivity contribution in [3.05, 3.63) is 34.0 Å². The average molecular weight is 329 g/mol. The first-order valence-corrected chi connectivity index (χ1v) is 8.14. The standard InChI is InChI=1S/C16H19N5O3/c1-19-9-2-3-10(19)7-12(6-9)20-14-5-4-11(21(23)24)8-13(14)15(18-20)16(17)22/h4-5,8-10,12H,2-3,6-7H2,1H3,(H2,17,22). The van der Waals surface area contributed by atoms with Gasteiger partial charge in [-0.1, -0.05) is 0 Å². The van der Waals surface area contributed by atoms with E-state index >= 15 is 0 Å². The van der Waals surface area contributed by atoms with Gasteiger partial charge in [0, 0.05) is 29.6 Å². The molecule has 2 bridgehead atoms. The topological polar surface area (TPSA) is 107 Å². The lowest BCUT2D eigenvalue weighted by molar-refractivity contribution is -0.384. The number of nitro groups is 1. The summed E-state index contributed by atoms with van der Waals surface area (Å²) < 4.78 is 1.86. The Balaban J connectivity index is 1.81. The summed E-state index contributed by atoms with van der Waals surface area (Å²) in [5, 5.41) is 15.9. The maximum atomic E-state index is 11.8. The van der Waals surface area contributed by atoms with Crippen LogP contribution in [0.5, 0.6) is 0 Å². The molecule has 24 heavy (non-hydrogen) atoms. The van der Waals surface area contributed by atoms with Crippen LogP contribution in [-0.2, 0) is 0 Å². The highest BCUT2D eigenvalue weighted by Gasteiger charge is 2.40. The van der Waals surface area contributed by atoms with E-state index < -0.39 is 10.8 Å². The van der Waals surface area contributed by atoms with E-state index in [1.54, 1.807) is 6.07 Å². The van der Waals surface area contributed by atoms with Gasteiger partial charge < -0.3 is 10.6 Å². The van der Waals surface area contributed by atoms with Crippen LogP contribution in [0.3, 0.4) is 0 Å². The zero-order valence-electron chi connectivity index (χ0n) is 13.4. The first kappa shape index (κ1) is 15.1. The zero-order valence-corrected chi connectivity index (χ0v) is 13.4. The molecule has 2 fully saturated rings. The van der Waals surface area contributed by atoms with E-state index in [0.29, 0.717) is 17.5 Å². The van der Waals surface area contributed by atoms with Crippen molar-refractivity contribution in [1.29, 1.82) is 0 Å². The second-order valence-electron chi connectivity index (χ2n) is 6.79. The molecule has 1 amide bonds. The Morgan fingerprint density at radius 1 is 1.29 bits per heavy atom. The van der Waals surface area contributed by atoms with Gasteiger partial charge in [0.25, 0.3) is 11.6 Å². The number of non-ortho nitro benzene ring substituents is 1. The van der Waals surface area contributed by atoms with Crippen molar-refractivity contribution < 1.29 is 9.72 Å². The molecule has 4 rings (SSSR count). The molecule has 1 aromatic carbocycles. The molecule has 8 nitrogen and oxygen atoms in total. The predicted molar refractivity (Wildman–Crippen MR) is 87.7 cm³/mol. The normalized spacial score (nSPS) is 26.8. The van der Waals surface area contributed by atoms with Gasteiger partial charge in [-0.3, -0.25) is 19.6 Å². The van der Waals surface area contributed by atoms with E-state index in [1.807, 2.05) is 4.68 Å². The summed E-state index contributed by atoms with van der Waals surface area (Å²) in [7, 11) is 2.16. The molecule has 2 atom stereocenters. The van der Waals surface area contributed by atoms with Crippen LogP contribution in [0, 0.1) is 10.1 Å². The summed E-state index contributed by atoms with van der Waals surface area (Å²) in [4.78, 5) is 24.7. The fourth-order valence-electron chi connectivity index (χ4n) is 4.29. The van der Waals surface area contributed by atoms with Crippen molar-refractivity contribution in [1.82, 2.24) is 14.7 Å². The number of benzene rings is 1. The number of hydrogen-bond acceptors (Lipinski definition) is 5. The van der Waals surface area contributed by atoms with Crippen molar-refractivity contribution in [2.24, 2.45) is 5.73 Å². The number of carbonyl (C=O) groups excluding carboxylic acids is 1. The Bertz CT molecular complexity index is 832. The Hall–Kier alpha value is -2.48. The highest BCUT2D eigenvalue weighted by molar-refractivity contribution is 6.04. The van der Waals surface area contributed by atoms with Crippen LogP contribution in [0.15, 0.2) is 18.2 Å². The Kier molecular flexibility index (Phi) is 3.31.